The Morgan fingerprint density at radius 3 is 3.23 bits per heavy atom. The smallest absolute Gasteiger partial charge is 0.276 e. The van der Waals surface area contributed by atoms with Gasteiger partial charge in [-0.05, 0) is 6.07 Å². The second kappa shape index (κ2) is 2.85. The molecule has 0 atom stereocenters. The monoisotopic (exact) mass is 176 g/mol. The van der Waals surface area contributed by atoms with Crippen LogP contribution < -0.4 is 11.3 Å². The summed E-state index contributed by atoms with van der Waals surface area (Å²) >= 11 is 0. The largest absolute Gasteiger partial charge is 0.387 e. The van der Waals surface area contributed by atoms with Crippen LogP contribution in [0.25, 0.3) is 0 Å². The van der Waals surface area contributed by atoms with Crippen LogP contribution in [0.2, 0.25) is 0 Å². The standard InChI is InChI=1S/C8H8N4O/c9-6-2-4-10-7-5(12-6)1-3-11-8(7)13/h1,3-4H,2H2,(H2,9,12)(H,11,13). The van der Waals surface area contributed by atoms with Crippen LogP contribution in [0.1, 0.15) is 6.42 Å². The predicted octanol–water partition coefficient (Wildman–Crippen LogP) is 0.470. The van der Waals surface area contributed by atoms with Crippen molar-refractivity contribution in [1.82, 2.24) is 4.98 Å². The van der Waals surface area contributed by atoms with Gasteiger partial charge >= 0.3 is 0 Å². The number of H-pyrrole nitrogens is 1. The molecule has 0 radical (unpaired) electrons. The Labute approximate surface area is 74.0 Å². The van der Waals surface area contributed by atoms with E-state index in [1.165, 1.54) is 6.20 Å². The molecule has 1 aromatic heterocycles. The molecule has 3 N–H and O–H groups in total. The van der Waals surface area contributed by atoms with Crippen LogP contribution in [0.15, 0.2) is 27.0 Å². The number of amidine groups is 1. The highest BCUT2D eigenvalue weighted by Gasteiger charge is 2.07. The van der Waals surface area contributed by atoms with Gasteiger partial charge in [-0.2, -0.15) is 0 Å². The second-order valence-electron chi connectivity index (χ2n) is 2.66. The Hall–Kier alpha value is -1.91. The van der Waals surface area contributed by atoms with Crippen molar-refractivity contribution in [3.63, 3.8) is 0 Å². The summed E-state index contributed by atoms with van der Waals surface area (Å²) in [6.45, 7) is 0. The van der Waals surface area contributed by atoms with E-state index < -0.39 is 0 Å². The fourth-order valence-electron chi connectivity index (χ4n) is 1.11. The molecule has 66 valence electrons. The zero-order chi connectivity index (χ0) is 9.26. The molecule has 2 rings (SSSR count). The molecule has 1 aliphatic heterocycles. The lowest BCUT2D eigenvalue weighted by atomic mass is 10.3. The first kappa shape index (κ1) is 7.72. The maximum Gasteiger partial charge on any atom is 0.276 e. The molecule has 0 saturated carbocycles. The average Bonchev–Trinajstić information content (AvgIpc) is 2.27. The highest BCUT2D eigenvalue weighted by atomic mass is 16.1. The summed E-state index contributed by atoms with van der Waals surface area (Å²) in [5.74, 6) is 0.466. The highest BCUT2D eigenvalue weighted by molar-refractivity contribution is 5.97. The fraction of sp³-hybridized carbons (Fsp3) is 0.125. The van der Waals surface area contributed by atoms with Crippen LogP contribution in [0, 0.1) is 0 Å². The summed E-state index contributed by atoms with van der Waals surface area (Å²) in [4.78, 5) is 21.8. The molecule has 5 nitrogen and oxygen atoms in total. The van der Waals surface area contributed by atoms with Gasteiger partial charge in [-0.15, -0.1) is 0 Å². The number of aromatic amines is 1. The number of nitrogens with zero attached hydrogens (tertiary/aromatic N) is 2. The maximum atomic E-state index is 11.2. The van der Waals surface area contributed by atoms with Crippen molar-refractivity contribution < 1.29 is 0 Å². The van der Waals surface area contributed by atoms with E-state index in [0.717, 1.165) is 0 Å². The Kier molecular flexibility index (Phi) is 1.70. The van der Waals surface area contributed by atoms with Gasteiger partial charge in [-0.1, -0.05) is 0 Å². The van der Waals surface area contributed by atoms with E-state index >= 15 is 0 Å². The number of aliphatic imine (C=N–C) groups is 2. The van der Waals surface area contributed by atoms with Crippen LogP contribution >= 0.6 is 0 Å². The van der Waals surface area contributed by atoms with Crippen molar-refractivity contribution in [2.45, 2.75) is 6.42 Å². The molecule has 0 spiro atoms. The van der Waals surface area contributed by atoms with Gasteiger partial charge in [0, 0.05) is 18.8 Å². The number of aromatic nitrogens is 1. The third kappa shape index (κ3) is 1.35. The lowest BCUT2D eigenvalue weighted by Crippen LogP contribution is -2.10. The molecule has 2 heterocycles. The molecule has 1 aromatic rings. The first-order valence-corrected chi connectivity index (χ1v) is 3.84. The van der Waals surface area contributed by atoms with Crippen molar-refractivity contribution in [3.05, 3.63) is 22.6 Å². The van der Waals surface area contributed by atoms with E-state index in [1.54, 1.807) is 12.3 Å². The molecule has 0 bridgehead atoms. The zero-order valence-corrected chi connectivity index (χ0v) is 6.82. The van der Waals surface area contributed by atoms with Crippen molar-refractivity contribution >= 4 is 23.4 Å². The van der Waals surface area contributed by atoms with Crippen LogP contribution in [0.5, 0.6) is 0 Å². The molecule has 0 amide bonds. The summed E-state index contributed by atoms with van der Waals surface area (Å²) in [7, 11) is 0. The van der Waals surface area contributed by atoms with Crippen LogP contribution in [-0.4, -0.2) is 17.0 Å². The minimum atomic E-state index is -0.243. The fourth-order valence-corrected chi connectivity index (χ4v) is 1.11. The van der Waals surface area contributed by atoms with Crippen LogP contribution in [-0.2, 0) is 0 Å². The highest BCUT2D eigenvalue weighted by Crippen LogP contribution is 2.23. The van der Waals surface area contributed by atoms with Crippen molar-refractivity contribution in [2.75, 3.05) is 0 Å². The third-order valence-corrected chi connectivity index (χ3v) is 1.70. The van der Waals surface area contributed by atoms with E-state index in [4.69, 9.17) is 5.73 Å². The molecule has 13 heavy (non-hydrogen) atoms. The van der Waals surface area contributed by atoms with Gasteiger partial charge in [0.15, 0.2) is 5.69 Å². The van der Waals surface area contributed by atoms with Crippen LogP contribution in [0.3, 0.4) is 0 Å². The third-order valence-electron chi connectivity index (χ3n) is 1.70. The maximum absolute atomic E-state index is 11.2. The number of hydrogen-bond donors (Lipinski definition) is 2. The molecule has 1 aliphatic rings. The Morgan fingerprint density at radius 1 is 1.54 bits per heavy atom. The molecule has 0 aliphatic carbocycles. The van der Waals surface area contributed by atoms with Crippen molar-refractivity contribution in [1.29, 1.82) is 0 Å². The van der Waals surface area contributed by atoms with Gasteiger partial charge in [-0.25, -0.2) is 4.99 Å². The van der Waals surface area contributed by atoms with Gasteiger partial charge in [0.05, 0.1) is 5.69 Å². The molecular formula is C8H8N4O. The first-order chi connectivity index (χ1) is 6.27. The zero-order valence-electron chi connectivity index (χ0n) is 6.82. The van der Waals surface area contributed by atoms with E-state index in [1.807, 2.05) is 0 Å². The summed E-state index contributed by atoms with van der Waals surface area (Å²) in [6.07, 6.45) is 3.59. The second-order valence-corrected chi connectivity index (χ2v) is 2.66. The lowest BCUT2D eigenvalue weighted by Gasteiger charge is -1.95. The number of nitrogens with one attached hydrogen (secondary N) is 1. The first-order valence-electron chi connectivity index (χ1n) is 3.84. The summed E-state index contributed by atoms with van der Waals surface area (Å²) < 4.78 is 0. The van der Waals surface area contributed by atoms with Gasteiger partial charge < -0.3 is 10.7 Å². The number of rotatable bonds is 0. The van der Waals surface area contributed by atoms with Crippen LogP contribution in [0.4, 0.5) is 11.4 Å². The van der Waals surface area contributed by atoms with Crippen molar-refractivity contribution in [2.24, 2.45) is 15.7 Å². The van der Waals surface area contributed by atoms with E-state index in [2.05, 4.69) is 15.0 Å². The van der Waals surface area contributed by atoms with Crippen molar-refractivity contribution in [3.8, 4) is 0 Å². The average molecular weight is 176 g/mol. The van der Waals surface area contributed by atoms with Gasteiger partial charge in [-0.3, -0.25) is 9.79 Å². The minimum absolute atomic E-state index is 0.243. The molecule has 0 saturated heterocycles. The lowest BCUT2D eigenvalue weighted by molar-refractivity contribution is 1.22. The number of nitrogens with two attached hydrogens (primary N) is 1. The van der Waals surface area contributed by atoms with Gasteiger partial charge in [0.2, 0.25) is 0 Å². The summed E-state index contributed by atoms with van der Waals surface area (Å²) in [5, 5.41) is 0. The quantitative estimate of drug-likeness (QED) is 0.602. The molecule has 5 heteroatoms. The van der Waals surface area contributed by atoms with Gasteiger partial charge in [0.25, 0.3) is 5.56 Å². The Balaban J connectivity index is 2.71. The molecule has 0 unspecified atom stereocenters. The summed E-state index contributed by atoms with van der Waals surface area (Å²) in [5.41, 5.74) is 6.15. The summed E-state index contributed by atoms with van der Waals surface area (Å²) in [6, 6.07) is 1.67. The minimum Gasteiger partial charge on any atom is -0.387 e. The topological polar surface area (TPSA) is 83.6 Å². The van der Waals surface area contributed by atoms with E-state index in [0.29, 0.717) is 23.6 Å². The molecular weight excluding hydrogens is 168 g/mol. The Bertz CT molecular complexity index is 444. The molecule has 0 aromatic carbocycles. The number of pyridine rings is 1. The Morgan fingerprint density at radius 2 is 2.38 bits per heavy atom. The number of fused-ring (bicyclic) bond motifs is 1. The number of hydrogen-bond acceptors (Lipinski definition) is 4. The van der Waals surface area contributed by atoms with E-state index in [9.17, 15) is 4.79 Å². The predicted molar refractivity (Wildman–Crippen MR) is 51.1 cm³/mol. The van der Waals surface area contributed by atoms with E-state index in [-0.39, 0.29) is 5.56 Å². The SMILES string of the molecule is NC1=Nc2cc[nH]c(=O)c2N=CC1. The van der Waals surface area contributed by atoms with Gasteiger partial charge in [0.1, 0.15) is 5.84 Å². The molecule has 0 fully saturated rings. The normalized spacial score (nSPS) is 14.6.